The highest BCUT2D eigenvalue weighted by Crippen LogP contribution is 2.29. The van der Waals surface area contributed by atoms with Crippen LogP contribution in [0.25, 0.3) is 0 Å². The zero-order valence-electron chi connectivity index (χ0n) is 9.47. The minimum absolute atomic E-state index is 0.456. The second-order valence-corrected chi connectivity index (χ2v) is 5.43. The van der Waals surface area contributed by atoms with Crippen LogP contribution in [0, 0.1) is 0 Å². The summed E-state index contributed by atoms with van der Waals surface area (Å²) in [7, 11) is 0. The molecule has 0 amide bonds. The van der Waals surface area contributed by atoms with Gasteiger partial charge in [0, 0.05) is 16.1 Å². The third kappa shape index (κ3) is 3.38. The number of halogens is 2. The van der Waals surface area contributed by atoms with Gasteiger partial charge in [-0.05, 0) is 55.5 Å². The van der Waals surface area contributed by atoms with E-state index in [0.717, 1.165) is 34.6 Å². The summed E-state index contributed by atoms with van der Waals surface area (Å²) < 4.78 is 0. The Morgan fingerprint density at radius 1 is 1.38 bits per heavy atom. The first-order valence-corrected chi connectivity index (χ1v) is 6.60. The molecule has 2 rings (SSSR count). The molecule has 0 radical (unpaired) electrons. The summed E-state index contributed by atoms with van der Waals surface area (Å²) in [5, 5.41) is 5.10. The second-order valence-electron chi connectivity index (χ2n) is 4.58. The van der Waals surface area contributed by atoms with E-state index in [4.69, 9.17) is 23.2 Å². The molecule has 88 valence electrons. The zero-order valence-corrected chi connectivity index (χ0v) is 11.0. The van der Waals surface area contributed by atoms with E-state index in [-0.39, 0.29) is 0 Å². The van der Waals surface area contributed by atoms with Crippen molar-refractivity contribution >= 4 is 23.2 Å². The normalized spacial score (nSPS) is 17.4. The molecule has 1 aliphatic rings. The molecule has 1 aromatic carbocycles. The average Bonchev–Trinajstić information content (AvgIpc) is 3.05. The zero-order chi connectivity index (χ0) is 11.5. The van der Waals surface area contributed by atoms with Crippen LogP contribution in [-0.4, -0.2) is 12.6 Å². The highest BCUT2D eigenvalue weighted by Gasteiger charge is 2.20. The van der Waals surface area contributed by atoms with Gasteiger partial charge in [0.2, 0.25) is 0 Å². The Morgan fingerprint density at radius 3 is 2.81 bits per heavy atom. The van der Waals surface area contributed by atoms with Gasteiger partial charge < -0.3 is 5.32 Å². The van der Waals surface area contributed by atoms with Gasteiger partial charge in [-0.25, -0.2) is 0 Å². The molecule has 0 spiro atoms. The Labute approximate surface area is 107 Å². The van der Waals surface area contributed by atoms with E-state index in [9.17, 15) is 0 Å². The molecule has 1 atom stereocenters. The Balaban J connectivity index is 1.90. The maximum Gasteiger partial charge on any atom is 0.0441 e. The molecule has 0 aromatic heterocycles. The van der Waals surface area contributed by atoms with Gasteiger partial charge in [-0.3, -0.25) is 0 Å². The molecule has 0 bridgehead atoms. The second kappa shape index (κ2) is 5.39. The van der Waals surface area contributed by atoms with E-state index < -0.39 is 0 Å². The first-order valence-electron chi connectivity index (χ1n) is 5.85. The van der Waals surface area contributed by atoms with Gasteiger partial charge in [0.1, 0.15) is 0 Å². The lowest BCUT2D eigenvalue weighted by Gasteiger charge is -2.14. The SMILES string of the molecule is CC(CCNC1CC1)c1cc(Cl)ccc1Cl. The summed E-state index contributed by atoms with van der Waals surface area (Å²) in [5.74, 6) is 0.456. The maximum absolute atomic E-state index is 6.17. The van der Waals surface area contributed by atoms with Crippen LogP contribution in [0.1, 0.15) is 37.7 Å². The molecule has 1 aliphatic carbocycles. The van der Waals surface area contributed by atoms with Crippen molar-refractivity contribution in [2.24, 2.45) is 0 Å². The Morgan fingerprint density at radius 2 is 2.12 bits per heavy atom. The van der Waals surface area contributed by atoms with Crippen LogP contribution in [0.4, 0.5) is 0 Å². The van der Waals surface area contributed by atoms with Crippen molar-refractivity contribution in [2.75, 3.05) is 6.54 Å². The number of hydrogen-bond donors (Lipinski definition) is 1. The van der Waals surface area contributed by atoms with Crippen LogP contribution in [0.15, 0.2) is 18.2 Å². The van der Waals surface area contributed by atoms with E-state index >= 15 is 0 Å². The van der Waals surface area contributed by atoms with Crippen molar-refractivity contribution in [3.8, 4) is 0 Å². The summed E-state index contributed by atoms with van der Waals surface area (Å²) in [5.41, 5.74) is 1.16. The fourth-order valence-corrected chi connectivity index (χ4v) is 2.32. The van der Waals surface area contributed by atoms with Crippen molar-refractivity contribution in [2.45, 2.75) is 38.1 Å². The van der Waals surface area contributed by atoms with Crippen molar-refractivity contribution in [1.29, 1.82) is 0 Å². The average molecular weight is 258 g/mol. The molecular formula is C13H17Cl2N. The highest BCUT2D eigenvalue weighted by molar-refractivity contribution is 6.33. The quantitative estimate of drug-likeness (QED) is 0.832. The topological polar surface area (TPSA) is 12.0 Å². The fraction of sp³-hybridized carbons (Fsp3) is 0.538. The molecule has 1 N–H and O–H groups in total. The van der Waals surface area contributed by atoms with Crippen molar-refractivity contribution in [1.82, 2.24) is 5.32 Å². The molecule has 1 unspecified atom stereocenters. The molecule has 1 saturated carbocycles. The lowest BCUT2D eigenvalue weighted by molar-refractivity contribution is 0.592. The standard InChI is InChI=1S/C13H17Cl2N/c1-9(6-7-16-11-3-4-11)12-8-10(14)2-5-13(12)15/h2,5,8-9,11,16H,3-4,6-7H2,1H3. The van der Waals surface area contributed by atoms with E-state index in [0.29, 0.717) is 5.92 Å². The van der Waals surface area contributed by atoms with Crippen molar-refractivity contribution in [3.05, 3.63) is 33.8 Å². The number of hydrogen-bond acceptors (Lipinski definition) is 1. The minimum Gasteiger partial charge on any atom is -0.314 e. The van der Waals surface area contributed by atoms with Crippen molar-refractivity contribution in [3.63, 3.8) is 0 Å². The number of rotatable bonds is 5. The monoisotopic (exact) mass is 257 g/mol. The molecule has 1 fully saturated rings. The first-order chi connectivity index (χ1) is 7.66. The summed E-state index contributed by atoms with van der Waals surface area (Å²) in [6.07, 6.45) is 3.79. The lowest BCUT2D eigenvalue weighted by atomic mass is 9.98. The summed E-state index contributed by atoms with van der Waals surface area (Å²) in [6.45, 7) is 3.26. The van der Waals surface area contributed by atoms with Crippen LogP contribution in [-0.2, 0) is 0 Å². The first kappa shape index (κ1) is 12.2. The van der Waals surface area contributed by atoms with Crippen LogP contribution in [0.2, 0.25) is 10.0 Å². The maximum atomic E-state index is 6.17. The molecular weight excluding hydrogens is 241 g/mol. The lowest BCUT2D eigenvalue weighted by Crippen LogP contribution is -2.19. The van der Waals surface area contributed by atoms with Gasteiger partial charge >= 0.3 is 0 Å². The minimum atomic E-state index is 0.456. The summed E-state index contributed by atoms with van der Waals surface area (Å²) in [6, 6.07) is 6.47. The van der Waals surface area contributed by atoms with Crippen molar-refractivity contribution < 1.29 is 0 Å². The van der Waals surface area contributed by atoms with Gasteiger partial charge in [0.05, 0.1) is 0 Å². The van der Waals surface area contributed by atoms with Gasteiger partial charge in [0.15, 0.2) is 0 Å². The predicted molar refractivity (Wildman–Crippen MR) is 70.5 cm³/mol. The molecule has 16 heavy (non-hydrogen) atoms. The molecule has 0 aliphatic heterocycles. The predicted octanol–water partition coefficient (Wildman–Crippen LogP) is 4.24. The Kier molecular flexibility index (Phi) is 4.12. The molecule has 1 nitrogen and oxygen atoms in total. The molecule has 1 aromatic rings. The summed E-state index contributed by atoms with van der Waals surface area (Å²) in [4.78, 5) is 0. The van der Waals surface area contributed by atoms with Gasteiger partial charge in [-0.15, -0.1) is 0 Å². The highest BCUT2D eigenvalue weighted by atomic mass is 35.5. The van der Waals surface area contributed by atoms with Crippen LogP contribution in [0.5, 0.6) is 0 Å². The molecule has 3 heteroatoms. The van der Waals surface area contributed by atoms with Gasteiger partial charge in [-0.1, -0.05) is 30.1 Å². The van der Waals surface area contributed by atoms with Crippen LogP contribution in [0.3, 0.4) is 0 Å². The van der Waals surface area contributed by atoms with E-state index in [2.05, 4.69) is 12.2 Å². The summed E-state index contributed by atoms with van der Waals surface area (Å²) >= 11 is 12.1. The Hall–Kier alpha value is -0.240. The van der Waals surface area contributed by atoms with Gasteiger partial charge in [-0.2, -0.15) is 0 Å². The van der Waals surface area contributed by atoms with E-state index in [1.807, 2.05) is 18.2 Å². The number of nitrogens with one attached hydrogen (secondary N) is 1. The van der Waals surface area contributed by atoms with Crippen LogP contribution < -0.4 is 5.32 Å². The Bertz CT molecular complexity index is 361. The third-order valence-electron chi connectivity index (χ3n) is 3.08. The molecule has 0 saturated heterocycles. The van der Waals surface area contributed by atoms with Gasteiger partial charge in [0.25, 0.3) is 0 Å². The fourth-order valence-electron chi connectivity index (χ4n) is 1.84. The third-order valence-corrected chi connectivity index (χ3v) is 3.66. The smallest absolute Gasteiger partial charge is 0.0441 e. The number of benzene rings is 1. The molecule has 0 heterocycles. The van der Waals surface area contributed by atoms with E-state index in [1.54, 1.807) is 0 Å². The van der Waals surface area contributed by atoms with Crippen LogP contribution >= 0.6 is 23.2 Å². The van der Waals surface area contributed by atoms with E-state index in [1.165, 1.54) is 12.8 Å². The largest absolute Gasteiger partial charge is 0.314 e.